The molecule has 17 heavy (non-hydrogen) atoms. The fourth-order valence-electron chi connectivity index (χ4n) is 2.57. The van der Waals surface area contributed by atoms with Gasteiger partial charge in [-0.05, 0) is 50.2 Å². The number of rotatable bonds is 1. The Bertz CT molecular complexity index is 385. The van der Waals surface area contributed by atoms with E-state index in [0.717, 1.165) is 35.8 Å². The van der Waals surface area contributed by atoms with Crippen molar-refractivity contribution in [3.63, 3.8) is 0 Å². The first-order valence-electron chi connectivity index (χ1n) is 6.00. The van der Waals surface area contributed by atoms with E-state index in [1.54, 1.807) is 12.1 Å². The van der Waals surface area contributed by atoms with Crippen LogP contribution >= 0.6 is 15.9 Å². The molecule has 2 unspecified atom stereocenters. The number of likely N-dealkylation sites (tertiary alicyclic amines) is 1. The lowest BCUT2D eigenvalue weighted by Crippen LogP contribution is -2.37. The number of nitrogens with zero attached hydrogens (tertiary/aromatic N) is 1. The standard InChI is InChI=1S/C13H18BrFN2/c1-17-7-3-2-4-12(16)13(17)10-8-9(15)5-6-11(10)14/h5-6,8,12-13H,2-4,7,16H2,1H3. The lowest BCUT2D eigenvalue weighted by Gasteiger charge is -2.31. The van der Waals surface area contributed by atoms with Crippen molar-refractivity contribution in [1.29, 1.82) is 0 Å². The van der Waals surface area contributed by atoms with Crippen LogP contribution in [0.2, 0.25) is 0 Å². The van der Waals surface area contributed by atoms with Gasteiger partial charge in [0.1, 0.15) is 5.82 Å². The normalized spacial score (nSPS) is 26.8. The minimum atomic E-state index is -0.201. The molecule has 2 nitrogen and oxygen atoms in total. The summed E-state index contributed by atoms with van der Waals surface area (Å²) in [4.78, 5) is 2.23. The Morgan fingerprint density at radius 1 is 1.41 bits per heavy atom. The summed E-state index contributed by atoms with van der Waals surface area (Å²) in [5.74, 6) is -0.201. The molecule has 1 aliphatic rings. The van der Waals surface area contributed by atoms with E-state index >= 15 is 0 Å². The third kappa shape index (κ3) is 2.87. The topological polar surface area (TPSA) is 29.3 Å². The number of likely N-dealkylation sites (N-methyl/N-ethyl adjacent to an activating group) is 1. The zero-order valence-corrected chi connectivity index (χ0v) is 11.6. The fourth-order valence-corrected chi connectivity index (χ4v) is 3.06. The molecule has 0 amide bonds. The molecule has 1 aromatic rings. The summed E-state index contributed by atoms with van der Waals surface area (Å²) in [6.45, 7) is 1.02. The molecule has 0 saturated carbocycles. The Kier molecular flexibility index (Phi) is 4.17. The van der Waals surface area contributed by atoms with Gasteiger partial charge in [0.05, 0.1) is 6.04 Å². The van der Waals surface area contributed by atoms with E-state index in [1.165, 1.54) is 6.07 Å². The molecule has 1 heterocycles. The van der Waals surface area contributed by atoms with Crippen molar-refractivity contribution in [2.75, 3.05) is 13.6 Å². The molecule has 0 aromatic heterocycles. The molecule has 1 aromatic carbocycles. The van der Waals surface area contributed by atoms with E-state index in [4.69, 9.17) is 5.73 Å². The predicted octanol–water partition coefficient (Wildman–Crippen LogP) is 3.07. The zero-order chi connectivity index (χ0) is 12.4. The maximum Gasteiger partial charge on any atom is 0.123 e. The maximum absolute atomic E-state index is 13.4. The molecule has 0 radical (unpaired) electrons. The van der Waals surface area contributed by atoms with Crippen LogP contribution in [-0.4, -0.2) is 24.5 Å². The van der Waals surface area contributed by atoms with E-state index in [0.29, 0.717) is 0 Å². The maximum atomic E-state index is 13.4. The molecule has 0 spiro atoms. The Hall–Kier alpha value is -0.450. The Balaban J connectivity index is 2.37. The van der Waals surface area contributed by atoms with Crippen molar-refractivity contribution < 1.29 is 4.39 Å². The highest BCUT2D eigenvalue weighted by atomic mass is 79.9. The van der Waals surface area contributed by atoms with Crippen LogP contribution in [0.15, 0.2) is 22.7 Å². The van der Waals surface area contributed by atoms with E-state index < -0.39 is 0 Å². The molecule has 1 aliphatic heterocycles. The van der Waals surface area contributed by atoms with Gasteiger partial charge in [0.25, 0.3) is 0 Å². The summed E-state index contributed by atoms with van der Waals surface area (Å²) in [7, 11) is 2.06. The SMILES string of the molecule is CN1CCCCC(N)C1c1cc(F)ccc1Br. The minimum absolute atomic E-state index is 0.0700. The number of hydrogen-bond donors (Lipinski definition) is 1. The highest BCUT2D eigenvalue weighted by Gasteiger charge is 2.28. The third-order valence-corrected chi connectivity index (χ3v) is 4.18. The first kappa shape index (κ1) is 13.0. The molecule has 2 N–H and O–H groups in total. The highest BCUT2D eigenvalue weighted by molar-refractivity contribution is 9.10. The summed E-state index contributed by atoms with van der Waals surface area (Å²) in [5, 5.41) is 0. The minimum Gasteiger partial charge on any atom is -0.326 e. The van der Waals surface area contributed by atoms with Gasteiger partial charge in [0.2, 0.25) is 0 Å². The van der Waals surface area contributed by atoms with Crippen LogP contribution in [0.5, 0.6) is 0 Å². The van der Waals surface area contributed by atoms with Crippen molar-refractivity contribution in [3.8, 4) is 0 Å². The summed E-state index contributed by atoms with van der Waals surface area (Å²) >= 11 is 3.50. The molecule has 0 aliphatic carbocycles. The van der Waals surface area contributed by atoms with Gasteiger partial charge < -0.3 is 5.73 Å². The number of nitrogens with two attached hydrogens (primary N) is 1. The molecule has 94 valence electrons. The van der Waals surface area contributed by atoms with Crippen LogP contribution < -0.4 is 5.73 Å². The van der Waals surface area contributed by atoms with Gasteiger partial charge in [-0.25, -0.2) is 4.39 Å². The summed E-state index contributed by atoms with van der Waals surface area (Å²) in [6, 6.07) is 4.99. The largest absolute Gasteiger partial charge is 0.326 e. The third-order valence-electron chi connectivity index (χ3n) is 3.46. The molecule has 1 fully saturated rings. The monoisotopic (exact) mass is 300 g/mol. The van der Waals surface area contributed by atoms with Crippen molar-refractivity contribution in [1.82, 2.24) is 4.90 Å². The second-order valence-electron chi connectivity index (χ2n) is 4.75. The second-order valence-corrected chi connectivity index (χ2v) is 5.61. The van der Waals surface area contributed by atoms with Gasteiger partial charge in [-0.3, -0.25) is 4.90 Å². The van der Waals surface area contributed by atoms with Gasteiger partial charge in [-0.15, -0.1) is 0 Å². The van der Waals surface area contributed by atoms with Crippen LogP contribution in [0.3, 0.4) is 0 Å². The average Bonchev–Trinajstić information content (AvgIpc) is 2.44. The van der Waals surface area contributed by atoms with Crippen LogP contribution in [0.25, 0.3) is 0 Å². The van der Waals surface area contributed by atoms with Gasteiger partial charge in [0.15, 0.2) is 0 Å². The zero-order valence-electron chi connectivity index (χ0n) is 10.00. The van der Waals surface area contributed by atoms with Gasteiger partial charge >= 0.3 is 0 Å². The van der Waals surface area contributed by atoms with Crippen LogP contribution in [-0.2, 0) is 0 Å². The van der Waals surface area contributed by atoms with Crippen LogP contribution in [0.1, 0.15) is 30.9 Å². The fraction of sp³-hybridized carbons (Fsp3) is 0.538. The quantitative estimate of drug-likeness (QED) is 0.864. The van der Waals surface area contributed by atoms with Crippen molar-refractivity contribution >= 4 is 15.9 Å². The van der Waals surface area contributed by atoms with E-state index in [2.05, 4.69) is 27.9 Å². The summed E-state index contributed by atoms with van der Waals surface area (Å²) < 4.78 is 14.3. The van der Waals surface area contributed by atoms with Crippen molar-refractivity contribution in [2.24, 2.45) is 5.73 Å². The van der Waals surface area contributed by atoms with Crippen LogP contribution in [0, 0.1) is 5.82 Å². The van der Waals surface area contributed by atoms with E-state index in [-0.39, 0.29) is 17.9 Å². The number of halogens is 2. The Labute approximate surface area is 110 Å². The summed E-state index contributed by atoms with van der Waals surface area (Å²) in [6.07, 6.45) is 3.31. The van der Waals surface area contributed by atoms with Gasteiger partial charge in [-0.1, -0.05) is 22.4 Å². The van der Waals surface area contributed by atoms with Gasteiger partial charge in [0, 0.05) is 10.5 Å². The summed E-state index contributed by atoms with van der Waals surface area (Å²) in [5.41, 5.74) is 7.20. The lowest BCUT2D eigenvalue weighted by molar-refractivity contribution is 0.229. The number of benzene rings is 1. The Morgan fingerprint density at radius 3 is 2.94 bits per heavy atom. The van der Waals surface area contributed by atoms with Gasteiger partial charge in [-0.2, -0.15) is 0 Å². The van der Waals surface area contributed by atoms with Crippen LogP contribution in [0.4, 0.5) is 4.39 Å². The molecule has 1 saturated heterocycles. The van der Waals surface area contributed by atoms with E-state index in [9.17, 15) is 4.39 Å². The molecular formula is C13H18BrFN2. The molecule has 2 rings (SSSR count). The molecular weight excluding hydrogens is 283 g/mol. The Morgan fingerprint density at radius 2 is 2.18 bits per heavy atom. The predicted molar refractivity (Wildman–Crippen MR) is 71.3 cm³/mol. The smallest absolute Gasteiger partial charge is 0.123 e. The average molecular weight is 301 g/mol. The second kappa shape index (κ2) is 5.46. The van der Waals surface area contributed by atoms with Crippen molar-refractivity contribution in [2.45, 2.75) is 31.3 Å². The first-order valence-corrected chi connectivity index (χ1v) is 6.79. The number of hydrogen-bond acceptors (Lipinski definition) is 2. The molecule has 4 heteroatoms. The van der Waals surface area contributed by atoms with Crippen molar-refractivity contribution in [3.05, 3.63) is 34.1 Å². The molecule has 0 bridgehead atoms. The lowest BCUT2D eigenvalue weighted by atomic mass is 9.96. The molecule has 2 atom stereocenters. The highest BCUT2D eigenvalue weighted by Crippen LogP contribution is 2.33. The first-order chi connectivity index (χ1) is 8.09. The van der Waals surface area contributed by atoms with E-state index in [1.807, 2.05) is 0 Å².